The average Bonchev–Trinajstić information content (AvgIpc) is 2.62. The third-order valence-corrected chi connectivity index (χ3v) is 16.0. The Labute approximate surface area is 195 Å². The van der Waals surface area contributed by atoms with Crippen LogP contribution < -0.4 is 0 Å². The van der Waals surface area contributed by atoms with Crippen molar-refractivity contribution in [3.63, 3.8) is 0 Å². The van der Waals surface area contributed by atoms with Crippen molar-refractivity contribution in [1.82, 2.24) is 0 Å². The second-order valence-corrected chi connectivity index (χ2v) is 21.2. The van der Waals surface area contributed by atoms with E-state index in [0.717, 1.165) is 0 Å². The summed E-state index contributed by atoms with van der Waals surface area (Å²) in [6.07, 6.45) is -1.11. The highest BCUT2D eigenvalue weighted by Crippen LogP contribution is 2.48. The first kappa shape index (κ1) is 26.9. The Balaban J connectivity index is 2.70. The lowest BCUT2D eigenvalue weighted by Gasteiger charge is -2.45. The third-order valence-electron chi connectivity index (χ3n) is 7.08. The molecule has 0 aromatic heterocycles. The lowest BCUT2D eigenvalue weighted by Crippen LogP contribution is -2.46. The van der Waals surface area contributed by atoms with Gasteiger partial charge in [-0.2, -0.15) is 0 Å². The SMILES string of the molecule is CC(C)(C)[Si](C)(C)O[C@H](c1cccc(F)c1)[C@H](O[Si](C)(C)C(C)(C)C)c1cccc(F)c1. The first-order valence-electron chi connectivity index (χ1n) is 11.3. The summed E-state index contributed by atoms with van der Waals surface area (Å²) in [7, 11) is -4.56. The van der Waals surface area contributed by atoms with Crippen molar-refractivity contribution in [2.75, 3.05) is 0 Å². The van der Waals surface area contributed by atoms with E-state index in [-0.39, 0.29) is 21.7 Å². The molecule has 0 bridgehead atoms. The van der Waals surface area contributed by atoms with Gasteiger partial charge >= 0.3 is 0 Å². The Bertz CT molecular complexity index is 839. The van der Waals surface area contributed by atoms with Crippen LogP contribution in [0.4, 0.5) is 8.78 Å². The molecule has 6 heteroatoms. The van der Waals surface area contributed by atoms with Gasteiger partial charge in [-0.05, 0) is 71.7 Å². The normalized spacial score (nSPS) is 15.5. The molecule has 32 heavy (non-hydrogen) atoms. The first-order valence-corrected chi connectivity index (χ1v) is 17.1. The van der Waals surface area contributed by atoms with Gasteiger partial charge in [0, 0.05) is 0 Å². The summed E-state index contributed by atoms with van der Waals surface area (Å²) in [5.74, 6) is -0.645. The smallest absolute Gasteiger partial charge is 0.193 e. The molecule has 0 fully saturated rings. The maximum absolute atomic E-state index is 14.3. The van der Waals surface area contributed by atoms with Crippen LogP contribution in [0.25, 0.3) is 0 Å². The monoisotopic (exact) mass is 478 g/mol. The predicted octanol–water partition coefficient (Wildman–Crippen LogP) is 8.79. The molecule has 2 atom stereocenters. The van der Waals surface area contributed by atoms with Crippen LogP contribution in [0.1, 0.15) is 64.9 Å². The van der Waals surface area contributed by atoms with Gasteiger partial charge in [-0.3, -0.25) is 0 Å². The molecule has 0 saturated heterocycles. The van der Waals surface area contributed by atoms with Gasteiger partial charge in [-0.15, -0.1) is 0 Å². The fourth-order valence-electron chi connectivity index (χ4n) is 2.96. The molecule has 2 nitrogen and oxygen atoms in total. The zero-order valence-electron chi connectivity index (χ0n) is 21.3. The van der Waals surface area contributed by atoms with Crippen molar-refractivity contribution in [3.05, 3.63) is 71.3 Å². The molecule has 0 aliphatic rings. The molecule has 0 aliphatic carbocycles. The van der Waals surface area contributed by atoms with Crippen molar-refractivity contribution in [2.45, 2.75) is 90.0 Å². The minimum absolute atomic E-state index is 0.0535. The van der Waals surface area contributed by atoms with E-state index < -0.39 is 28.8 Å². The van der Waals surface area contributed by atoms with E-state index >= 15 is 0 Å². The van der Waals surface area contributed by atoms with E-state index in [1.165, 1.54) is 24.3 Å². The van der Waals surface area contributed by atoms with E-state index in [4.69, 9.17) is 8.85 Å². The fraction of sp³-hybridized carbons (Fsp3) is 0.538. The average molecular weight is 479 g/mol. The van der Waals surface area contributed by atoms with Crippen molar-refractivity contribution in [2.24, 2.45) is 0 Å². The summed E-state index contributed by atoms with van der Waals surface area (Å²) in [5, 5.41) is -0.107. The molecule has 2 aromatic carbocycles. The standard InChI is InChI=1S/C26H40F2O2Si2/c1-25(2,3)31(7,8)29-23(19-13-11-15-21(27)17-19)24(20-14-12-16-22(28)18-20)30-32(9,10)26(4,5)6/h11-18,23-24H,1-10H3/t23-,24-/m1/s1. The Morgan fingerprint density at radius 1 is 0.625 bits per heavy atom. The number of rotatable bonds is 7. The van der Waals surface area contributed by atoms with Gasteiger partial charge in [-0.25, -0.2) is 8.78 Å². The number of hydrogen-bond donors (Lipinski definition) is 0. The topological polar surface area (TPSA) is 18.5 Å². The summed E-state index contributed by atoms with van der Waals surface area (Å²) in [6.45, 7) is 21.7. The Morgan fingerprint density at radius 3 is 1.19 bits per heavy atom. The Kier molecular flexibility index (Phi) is 7.98. The van der Waals surface area contributed by atoms with Crippen molar-refractivity contribution < 1.29 is 17.6 Å². The molecule has 2 aromatic rings. The van der Waals surface area contributed by atoms with Gasteiger partial charge in [0.15, 0.2) is 16.6 Å². The fourth-order valence-corrected chi connectivity index (χ4v) is 5.46. The summed E-state index contributed by atoms with van der Waals surface area (Å²) in [6, 6.07) is 13.0. The van der Waals surface area contributed by atoms with E-state index in [9.17, 15) is 8.78 Å². The molecule has 0 amide bonds. The summed E-state index contributed by atoms with van der Waals surface area (Å²) >= 11 is 0. The van der Waals surface area contributed by atoms with Crippen molar-refractivity contribution in [3.8, 4) is 0 Å². The van der Waals surface area contributed by atoms with Crippen LogP contribution in [-0.2, 0) is 8.85 Å². The quantitative estimate of drug-likeness (QED) is 0.370. The van der Waals surface area contributed by atoms with Crippen LogP contribution in [0.15, 0.2) is 48.5 Å². The molecule has 0 N–H and O–H groups in total. The van der Waals surface area contributed by atoms with Crippen LogP contribution in [-0.4, -0.2) is 16.6 Å². The molecule has 0 heterocycles. The molecule has 2 rings (SSSR count). The molecule has 0 saturated carbocycles. The van der Waals surface area contributed by atoms with Gasteiger partial charge in [0.1, 0.15) is 11.6 Å². The van der Waals surface area contributed by atoms with Crippen LogP contribution in [0.3, 0.4) is 0 Å². The molecule has 0 unspecified atom stereocenters. The minimum Gasteiger partial charge on any atom is -0.407 e. The highest BCUT2D eigenvalue weighted by Gasteiger charge is 2.45. The van der Waals surface area contributed by atoms with E-state index in [0.29, 0.717) is 11.1 Å². The van der Waals surface area contributed by atoms with Crippen molar-refractivity contribution in [1.29, 1.82) is 0 Å². The zero-order valence-corrected chi connectivity index (χ0v) is 23.3. The highest BCUT2D eigenvalue weighted by molar-refractivity contribution is 6.74. The number of hydrogen-bond acceptors (Lipinski definition) is 2. The second kappa shape index (κ2) is 9.49. The van der Waals surface area contributed by atoms with Gasteiger partial charge in [-0.1, -0.05) is 65.8 Å². The van der Waals surface area contributed by atoms with Crippen molar-refractivity contribution >= 4 is 16.6 Å². The Hall–Kier alpha value is -1.35. The summed E-state index contributed by atoms with van der Waals surface area (Å²) in [4.78, 5) is 0. The van der Waals surface area contributed by atoms with Gasteiger partial charge in [0.25, 0.3) is 0 Å². The lowest BCUT2D eigenvalue weighted by atomic mass is 9.98. The first-order chi connectivity index (χ1) is 14.4. The van der Waals surface area contributed by atoms with E-state index in [1.807, 2.05) is 12.1 Å². The van der Waals surface area contributed by atoms with Gasteiger partial charge in [0.2, 0.25) is 0 Å². The molecule has 0 spiro atoms. The molecule has 178 valence electrons. The third kappa shape index (κ3) is 6.37. The zero-order chi connectivity index (χ0) is 24.5. The summed E-state index contributed by atoms with van der Waals surface area (Å²) < 4.78 is 42.4. The maximum Gasteiger partial charge on any atom is 0.193 e. The highest BCUT2D eigenvalue weighted by atomic mass is 28.4. The van der Waals surface area contributed by atoms with E-state index in [2.05, 4.69) is 67.7 Å². The second-order valence-electron chi connectivity index (χ2n) is 11.7. The van der Waals surface area contributed by atoms with Gasteiger partial charge < -0.3 is 8.85 Å². The maximum atomic E-state index is 14.3. The van der Waals surface area contributed by atoms with Crippen LogP contribution in [0, 0.1) is 11.6 Å². The van der Waals surface area contributed by atoms with Crippen LogP contribution >= 0.6 is 0 Å². The van der Waals surface area contributed by atoms with Crippen LogP contribution in [0.5, 0.6) is 0 Å². The molecule has 0 radical (unpaired) electrons. The number of halogens is 2. The molecular formula is C26H40F2O2Si2. The molecular weight excluding hydrogens is 438 g/mol. The predicted molar refractivity (Wildman–Crippen MR) is 135 cm³/mol. The summed E-state index contributed by atoms with van der Waals surface area (Å²) in [5.41, 5.74) is 1.42. The largest absolute Gasteiger partial charge is 0.407 e. The molecule has 0 aliphatic heterocycles. The van der Waals surface area contributed by atoms with E-state index in [1.54, 1.807) is 12.1 Å². The minimum atomic E-state index is -2.28. The van der Waals surface area contributed by atoms with Gasteiger partial charge in [0.05, 0.1) is 12.2 Å². The number of benzene rings is 2. The Morgan fingerprint density at radius 2 is 0.938 bits per heavy atom. The lowest BCUT2D eigenvalue weighted by molar-refractivity contribution is 0.0330. The van der Waals surface area contributed by atoms with Crippen LogP contribution in [0.2, 0.25) is 36.3 Å².